The molecule has 3 aromatic rings. The van der Waals surface area contributed by atoms with Gasteiger partial charge in [-0.15, -0.1) is 0 Å². The van der Waals surface area contributed by atoms with Gasteiger partial charge in [0.1, 0.15) is 6.61 Å². The Labute approximate surface area is 245 Å². The number of hydrogen-bond acceptors (Lipinski definition) is 9. The highest BCUT2D eigenvalue weighted by Crippen LogP contribution is 2.38. The fraction of sp³-hybridized carbons (Fsp3) is 0.355. The molecule has 0 aliphatic carbocycles. The summed E-state index contributed by atoms with van der Waals surface area (Å²) in [4.78, 5) is 23.1. The van der Waals surface area contributed by atoms with E-state index in [2.05, 4.69) is 34.1 Å². The van der Waals surface area contributed by atoms with Crippen molar-refractivity contribution >= 4 is 11.9 Å². The number of hydrogen-bond donors (Lipinski definition) is 2. The standard InChI is InChI=1S/C29H36N2O5.C2H2O4/c1-32-25-11-10-23(16-26(25)36-21-22-8-6-5-7-9-22)19-30-12-14-31(15-13-30)20-24-17-27(33-2)29(35-4)28(18-24)34-3;3-1(4)2(5)6/h5-11,16-18H,12-15,19-21H2,1-4H3;(H,3,4)(H,5,6). The predicted octanol–water partition coefficient (Wildman–Crippen LogP) is 3.77. The Hall–Kier alpha value is -4.48. The van der Waals surface area contributed by atoms with Crippen LogP contribution in [0.5, 0.6) is 28.7 Å². The predicted molar refractivity (Wildman–Crippen MR) is 156 cm³/mol. The van der Waals surface area contributed by atoms with Gasteiger partial charge in [-0.25, -0.2) is 9.59 Å². The van der Waals surface area contributed by atoms with Gasteiger partial charge in [0.25, 0.3) is 0 Å². The van der Waals surface area contributed by atoms with Crippen molar-refractivity contribution in [3.63, 3.8) is 0 Å². The molecular weight excluding hydrogens is 544 g/mol. The molecule has 226 valence electrons. The second-order valence-corrected chi connectivity index (χ2v) is 9.46. The summed E-state index contributed by atoms with van der Waals surface area (Å²) < 4.78 is 28.1. The van der Waals surface area contributed by atoms with Crippen molar-refractivity contribution in [2.24, 2.45) is 0 Å². The number of piperazine rings is 1. The van der Waals surface area contributed by atoms with Crippen molar-refractivity contribution in [3.05, 3.63) is 77.4 Å². The molecule has 0 spiro atoms. The van der Waals surface area contributed by atoms with Gasteiger partial charge in [-0.05, 0) is 41.0 Å². The molecule has 1 aliphatic heterocycles. The summed E-state index contributed by atoms with van der Waals surface area (Å²) in [5.41, 5.74) is 3.50. The van der Waals surface area contributed by atoms with E-state index >= 15 is 0 Å². The normalized spacial score (nSPS) is 13.3. The van der Waals surface area contributed by atoms with Gasteiger partial charge in [0.2, 0.25) is 5.75 Å². The molecule has 11 nitrogen and oxygen atoms in total. The minimum absolute atomic E-state index is 0.514. The molecular formula is C31H38N2O9. The zero-order valence-corrected chi connectivity index (χ0v) is 24.4. The first-order chi connectivity index (χ1) is 20.3. The Bertz CT molecular complexity index is 1270. The zero-order valence-electron chi connectivity index (χ0n) is 24.4. The van der Waals surface area contributed by atoms with Crippen LogP contribution in [-0.2, 0) is 29.3 Å². The van der Waals surface area contributed by atoms with Crippen LogP contribution < -0.4 is 23.7 Å². The molecule has 11 heteroatoms. The van der Waals surface area contributed by atoms with Crippen molar-refractivity contribution in [3.8, 4) is 28.7 Å². The topological polar surface area (TPSA) is 127 Å². The van der Waals surface area contributed by atoms with Gasteiger partial charge >= 0.3 is 11.9 Å². The minimum Gasteiger partial charge on any atom is -0.493 e. The van der Waals surface area contributed by atoms with Crippen molar-refractivity contribution in [2.45, 2.75) is 19.7 Å². The van der Waals surface area contributed by atoms with Crippen LogP contribution in [0.1, 0.15) is 16.7 Å². The van der Waals surface area contributed by atoms with Gasteiger partial charge in [0, 0.05) is 39.3 Å². The van der Waals surface area contributed by atoms with Crippen LogP contribution in [0.3, 0.4) is 0 Å². The van der Waals surface area contributed by atoms with Crippen molar-refractivity contribution in [2.75, 3.05) is 54.6 Å². The van der Waals surface area contributed by atoms with Gasteiger partial charge in [0.05, 0.1) is 28.4 Å². The fourth-order valence-corrected chi connectivity index (χ4v) is 4.52. The van der Waals surface area contributed by atoms with E-state index in [0.717, 1.165) is 61.9 Å². The number of rotatable bonds is 11. The Morgan fingerprint density at radius 2 is 1.12 bits per heavy atom. The van der Waals surface area contributed by atoms with E-state index in [0.29, 0.717) is 23.9 Å². The average molecular weight is 583 g/mol. The summed E-state index contributed by atoms with van der Waals surface area (Å²) in [5.74, 6) is -0.111. The Balaban J connectivity index is 0.000000730. The van der Waals surface area contributed by atoms with Gasteiger partial charge in [-0.3, -0.25) is 9.80 Å². The summed E-state index contributed by atoms with van der Waals surface area (Å²) in [5, 5.41) is 14.8. The molecule has 0 saturated carbocycles. The largest absolute Gasteiger partial charge is 0.493 e. The lowest BCUT2D eigenvalue weighted by atomic mass is 10.1. The average Bonchev–Trinajstić information content (AvgIpc) is 3.01. The summed E-state index contributed by atoms with van der Waals surface area (Å²) in [6.07, 6.45) is 0. The summed E-state index contributed by atoms with van der Waals surface area (Å²) in [7, 11) is 6.60. The first-order valence-electron chi connectivity index (χ1n) is 13.3. The smallest absolute Gasteiger partial charge is 0.414 e. The highest BCUT2D eigenvalue weighted by Gasteiger charge is 2.20. The zero-order chi connectivity index (χ0) is 30.5. The van der Waals surface area contributed by atoms with E-state index in [1.165, 1.54) is 5.56 Å². The molecule has 0 unspecified atom stereocenters. The monoisotopic (exact) mass is 582 g/mol. The molecule has 1 aliphatic rings. The molecule has 2 N–H and O–H groups in total. The number of carboxylic acid groups (broad SMARTS) is 2. The number of methoxy groups -OCH3 is 4. The third kappa shape index (κ3) is 9.28. The summed E-state index contributed by atoms with van der Waals surface area (Å²) >= 11 is 0. The molecule has 0 bridgehead atoms. The maximum atomic E-state index is 9.10. The summed E-state index contributed by atoms with van der Waals surface area (Å²) in [6, 6.07) is 20.5. The SMILES string of the molecule is COc1ccc(CN2CCN(Cc3cc(OC)c(OC)c(OC)c3)CC2)cc1OCc1ccccc1.O=C(O)C(=O)O. The number of benzene rings is 3. The number of carbonyl (C=O) groups is 2. The van der Waals surface area contributed by atoms with Crippen LogP contribution in [0.25, 0.3) is 0 Å². The van der Waals surface area contributed by atoms with E-state index in [-0.39, 0.29) is 0 Å². The maximum absolute atomic E-state index is 9.10. The van der Waals surface area contributed by atoms with Gasteiger partial charge < -0.3 is 33.9 Å². The van der Waals surface area contributed by atoms with Crippen LogP contribution in [-0.4, -0.2) is 86.6 Å². The Kier molecular flexibility index (Phi) is 12.3. The summed E-state index contributed by atoms with van der Waals surface area (Å²) in [6.45, 7) is 6.20. The molecule has 1 fully saturated rings. The second-order valence-electron chi connectivity index (χ2n) is 9.46. The molecule has 0 atom stereocenters. The molecule has 1 saturated heterocycles. The van der Waals surface area contributed by atoms with Crippen molar-refractivity contribution in [1.82, 2.24) is 9.80 Å². The molecule has 4 rings (SSSR count). The van der Waals surface area contributed by atoms with E-state index in [1.54, 1.807) is 28.4 Å². The van der Waals surface area contributed by atoms with E-state index in [4.69, 9.17) is 43.5 Å². The first kappa shape index (κ1) is 32.0. The van der Waals surface area contributed by atoms with Crippen molar-refractivity contribution < 1.29 is 43.5 Å². The van der Waals surface area contributed by atoms with E-state index in [1.807, 2.05) is 36.4 Å². The van der Waals surface area contributed by atoms with Gasteiger partial charge in [-0.2, -0.15) is 0 Å². The lowest BCUT2D eigenvalue weighted by Crippen LogP contribution is -2.45. The minimum atomic E-state index is -1.82. The number of nitrogens with zero attached hydrogens (tertiary/aromatic N) is 2. The molecule has 0 aromatic heterocycles. The lowest BCUT2D eigenvalue weighted by Gasteiger charge is -2.35. The second kappa shape index (κ2) is 16.1. The van der Waals surface area contributed by atoms with Crippen LogP contribution in [0.4, 0.5) is 0 Å². The highest BCUT2D eigenvalue weighted by atomic mass is 16.5. The van der Waals surface area contributed by atoms with Crippen LogP contribution in [0.2, 0.25) is 0 Å². The van der Waals surface area contributed by atoms with E-state index < -0.39 is 11.9 Å². The maximum Gasteiger partial charge on any atom is 0.414 e. The molecule has 42 heavy (non-hydrogen) atoms. The molecule has 3 aromatic carbocycles. The van der Waals surface area contributed by atoms with Crippen LogP contribution in [0, 0.1) is 0 Å². The van der Waals surface area contributed by atoms with Gasteiger partial charge in [0.15, 0.2) is 23.0 Å². The lowest BCUT2D eigenvalue weighted by molar-refractivity contribution is -0.159. The number of ether oxygens (including phenoxy) is 5. The van der Waals surface area contributed by atoms with Crippen LogP contribution in [0.15, 0.2) is 60.7 Å². The number of carboxylic acids is 2. The third-order valence-electron chi connectivity index (χ3n) is 6.65. The molecule has 0 radical (unpaired) electrons. The van der Waals surface area contributed by atoms with E-state index in [9.17, 15) is 0 Å². The third-order valence-corrected chi connectivity index (χ3v) is 6.65. The highest BCUT2D eigenvalue weighted by molar-refractivity contribution is 6.27. The van der Waals surface area contributed by atoms with Crippen molar-refractivity contribution in [1.29, 1.82) is 0 Å². The fourth-order valence-electron chi connectivity index (χ4n) is 4.52. The molecule has 0 amide bonds. The quantitative estimate of drug-likeness (QED) is 0.321. The van der Waals surface area contributed by atoms with Crippen LogP contribution >= 0.6 is 0 Å². The number of aliphatic carboxylic acids is 2. The Morgan fingerprint density at radius 3 is 1.60 bits per heavy atom. The molecule has 1 heterocycles. The Morgan fingerprint density at radius 1 is 0.619 bits per heavy atom. The first-order valence-corrected chi connectivity index (χ1v) is 13.3. The van der Waals surface area contributed by atoms with Gasteiger partial charge in [-0.1, -0.05) is 36.4 Å².